The first-order chi connectivity index (χ1) is 13.7. The average molecular weight is 384 g/mol. The zero-order chi connectivity index (χ0) is 19.1. The van der Waals surface area contributed by atoms with E-state index in [4.69, 9.17) is 0 Å². The Hall–Kier alpha value is -2.32. The Morgan fingerprint density at radius 2 is 2.14 bits per heavy atom. The molecule has 0 aromatic carbocycles. The lowest BCUT2D eigenvalue weighted by atomic mass is 9.79. The highest BCUT2D eigenvalue weighted by Gasteiger charge is 2.35. The number of fused-ring (bicyclic) bond motifs is 3. The quantitative estimate of drug-likeness (QED) is 0.636. The maximum Gasteiger partial charge on any atom is 0.217 e. The summed E-state index contributed by atoms with van der Waals surface area (Å²) < 4.78 is 0. The third-order valence-corrected chi connectivity index (χ3v) is 6.54. The number of aromatic amines is 1. The van der Waals surface area contributed by atoms with Crippen LogP contribution in [0.1, 0.15) is 44.6 Å². The SMILES string of the molecule is CC(=O)N[C@H]1CCN(CC2CCC(C3=C4c5cc[nH]c5N=CN4NN3)CC2)C1. The van der Waals surface area contributed by atoms with Crippen LogP contribution in [0, 0.1) is 11.8 Å². The van der Waals surface area contributed by atoms with Crippen molar-refractivity contribution in [1.29, 1.82) is 0 Å². The van der Waals surface area contributed by atoms with E-state index in [1.807, 2.05) is 17.5 Å². The van der Waals surface area contributed by atoms with E-state index >= 15 is 0 Å². The molecule has 5 rings (SSSR count). The molecule has 0 spiro atoms. The van der Waals surface area contributed by atoms with Gasteiger partial charge in [-0.1, -0.05) is 0 Å². The summed E-state index contributed by atoms with van der Waals surface area (Å²) >= 11 is 0. The number of hydrazine groups is 2. The van der Waals surface area contributed by atoms with Gasteiger partial charge in [0.1, 0.15) is 12.2 Å². The van der Waals surface area contributed by atoms with Gasteiger partial charge >= 0.3 is 0 Å². The number of carbonyl (C=O) groups is 1. The normalized spacial score (nSPS) is 29.6. The number of carbonyl (C=O) groups excluding carboxylic acids is 1. The van der Waals surface area contributed by atoms with Crippen molar-refractivity contribution in [3.63, 3.8) is 0 Å². The number of aromatic nitrogens is 1. The Balaban J connectivity index is 1.19. The van der Waals surface area contributed by atoms with Crippen molar-refractivity contribution in [3.05, 3.63) is 23.5 Å². The number of rotatable bonds is 4. The highest BCUT2D eigenvalue weighted by molar-refractivity contribution is 5.87. The molecule has 3 aliphatic heterocycles. The van der Waals surface area contributed by atoms with Crippen LogP contribution in [0.5, 0.6) is 0 Å². The van der Waals surface area contributed by atoms with E-state index < -0.39 is 0 Å². The minimum atomic E-state index is 0.0898. The maximum absolute atomic E-state index is 11.3. The summed E-state index contributed by atoms with van der Waals surface area (Å²) in [4.78, 5) is 21.5. The van der Waals surface area contributed by atoms with Crippen LogP contribution in [0.3, 0.4) is 0 Å². The first kappa shape index (κ1) is 17.8. The van der Waals surface area contributed by atoms with Crippen LogP contribution in [0.15, 0.2) is 23.0 Å². The summed E-state index contributed by atoms with van der Waals surface area (Å²) in [5.41, 5.74) is 10.3. The lowest BCUT2D eigenvalue weighted by Gasteiger charge is -2.32. The molecule has 4 N–H and O–H groups in total. The molecule has 4 aliphatic rings. The molecule has 1 saturated heterocycles. The van der Waals surface area contributed by atoms with Crippen molar-refractivity contribution in [2.75, 3.05) is 19.6 Å². The summed E-state index contributed by atoms with van der Waals surface area (Å²) in [5.74, 6) is 2.35. The van der Waals surface area contributed by atoms with Gasteiger partial charge in [0.15, 0.2) is 0 Å². The molecule has 0 bridgehead atoms. The van der Waals surface area contributed by atoms with E-state index in [0.717, 1.165) is 31.2 Å². The van der Waals surface area contributed by atoms with Gasteiger partial charge in [0.25, 0.3) is 0 Å². The fourth-order valence-corrected chi connectivity index (χ4v) is 5.20. The van der Waals surface area contributed by atoms with Gasteiger partial charge in [-0.2, -0.15) is 0 Å². The summed E-state index contributed by atoms with van der Waals surface area (Å²) in [6.45, 7) is 4.89. The second kappa shape index (κ2) is 7.25. The zero-order valence-corrected chi connectivity index (χ0v) is 16.4. The van der Waals surface area contributed by atoms with E-state index in [1.165, 1.54) is 49.2 Å². The van der Waals surface area contributed by atoms with Gasteiger partial charge in [-0.3, -0.25) is 4.79 Å². The highest BCUT2D eigenvalue weighted by atomic mass is 16.1. The van der Waals surface area contributed by atoms with E-state index in [0.29, 0.717) is 12.0 Å². The van der Waals surface area contributed by atoms with Crippen LogP contribution in [0.2, 0.25) is 0 Å². The molecule has 1 saturated carbocycles. The Morgan fingerprint density at radius 3 is 2.96 bits per heavy atom. The number of hydrogen-bond donors (Lipinski definition) is 4. The fourth-order valence-electron chi connectivity index (χ4n) is 5.20. The Morgan fingerprint density at radius 1 is 1.29 bits per heavy atom. The molecule has 1 atom stereocenters. The van der Waals surface area contributed by atoms with Crippen LogP contribution in [-0.4, -0.2) is 52.8 Å². The molecule has 4 heterocycles. The minimum Gasteiger partial charge on any atom is -0.352 e. The monoisotopic (exact) mass is 383 g/mol. The number of allylic oxidation sites excluding steroid dienone is 1. The molecule has 1 aliphatic carbocycles. The molecule has 1 amide bonds. The third-order valence-electron chi connectivity index (χ3n) is 6.54. The summed E-state index contributed by atoms with van der Waals surface area (Å²) in [7, 11) is 0. The van der Waals surface area contributed by atoms with Crippen molar-refractivity contribution in [2.24, 2.45) is 16.8 Å². The van der Waals surface area contributed by atoms with E-state index in [9.17, 15) is 4.79 Å². The van der Waals surface area contributed by atoms with Gasteiger partial charge < -0.3 is 20.6 Å². The number of H-pyrrole nitrogens is 1. The predicted molar refractivity (Wildman–Crippen MR) is 108 cm³/mol. The van der Waals surface area contributed by atoms with E-state index in [1.54, 1.807) is 6.92 Å². The summed E-state index contributed by atoms with van der Waals surface area (Å²) in [6.07, 6.45) is 9.82. The van der Waals surface area contributed by atoms with Gasteiger partial charge in [-0.15, -0.1) is 5.53 Å². The van der Waals surface area contributed by atoms with Crippen molar-refractivity contribution in [2.45, 2.75) is 45.1 Å². The van der Waals surface area contributed by atoms with Crippen LogP contribution in [0.4, 0.5) is 5.82 Å². The molecule has 150 valence electrons. The predicted octanol–water partition coefficient (Wildman–Crippen LogP) is 1.70. The molecule has 8 nitrogen and oxygen atoms in total. The summed E-state index contributed by atoms with van der Waals surface area (Å²) in [5, 5.41) is 5.06. The van der Waals surface area contributed by atoms with Crippen molar-refractivity contribution >= 4 is 23.8 Å². The van der Waals surface area contributed by atoms with Gasteiger partial charge in [-0.05, 0) is 44.1 Å². The standard InChI is InChI=1S/C20H29N7O/c1-13(28)23-16-7-9-26(11-16)10-14-2-4-15(5-3-14)18-19-17-6-8-21-20(17)22-12-27(19)25-24-18/h6,8,12,14-16,21,24-25H,2-5,7,9-11H2,1H3,(H,23,28)/t14?,15?,16-/m0/s1. The molecule has 2 fully saturated rings. The minimum absolute atomic E-state index is 0.0898. The largest absolute Gasteiger partial charge is 0.352 e. The van der Waals surface area contributed by atoms with Crippen LogP contribution >= 0.6 is 0 Å². The number of aliphatic imine (C=N–C) groups is 1. The van der Waals surface area contributed by atoms with E-state index in [-0.39, 0.29) is 5.91 Å². The highest BCUT2D eigenvalue weighted by Crippen LogP contribution is 2.40. The number of amides is 1. The molecular formula is C20H29N7O. The molecule has 0 unspecified atom stereocenters. The smallest absolute Gasteiger partial charge is 0.217 e. The van der Waals surface area contributed by atoms with Crippen LogP contribution in [-0.2, 0) is 4.79 Å². The van der Waals surface area contributed by atoms with Crippen molar-refractivity contribution in [1.82, 2.24) is 31.2 Å². The van der Waals surface area contributed by atoms with Gasteiger partial charge in [0.2, 0.25) is 5.91 Å². The van der Waals surface area contributed by atoms with Crippen LogP contribution in [0.25, 0.3) is 5.70 Å². The van der Waals surface area contributed by atoms with Crippen molar-refractivity contribution in [3.8, 4) is 0 Å². The van der Waals surface area contributed by atoms with Crippen molar-refractivity contribution < 1.29 is 4.79 Å². The van der Waals surface area contributed by atoms with E-state index in [2.05, 4.69) is 37.2 Å². The lowest BCUT2D eigenvalue weighted by molar-refractivity contribution is -0.119. The topological polar surface area (TPSA) is 87.8 Å². The third kappa shape index (κ3) is 3.31. The second-order valence-electron chi connectivity index (χ2n) is 8.52. The molecule has 1 aromatic rings. The lowest BCUT2D eigenvalue weighted by Crippen LogP contribution is -2.38. The zero-order valence-electron chi connectivity index (χ0n) is 16.4. The molecule has 28 heavy (non-hydrogen) atoms. The van der Waals surface area contributed by atoms with Crippen LogP contribution < -0.4 is 16.3 Å². The number of nitrogens with one attached hydrogen (secondary N) is 4. The second-order valence-corrected chi connectivity index (χ2v) is 8.52. The maximum atomic E-state index is 11.3. The fraction of sp³-hybridized carbons (Fsp3) is 0.600. The molecule has 1 aromatic heterocycles. The van der Waals surface area contributed by atoms with Gasteiger partial charge in [0.05, 0.1) is 11.4 Å². The first-order valence-corrected chi connectivity index (χ1v) is 10.4. The van der Waals surface area contributed by atoms with Gasteiger partial charge in [-0.25, -0.2) is 10.0 Å². The van der Waals surface area contributed by atoms with Gasteiger partial charge in [0, 0.05) is 50.3 Å². The average Bonchev–Trinajstić information content (AvgIpc) is 3.40. The molecule has 0 radical (unpaired) electrons. The first-order valence-electron chi connectivity index (χ1n) is 10.4. The molecular weight excluding hydrogens is 354 g/mol. The Labute approximate surface area is 165 Å². The Bertz CT molecular complexity index is 805. The summed E-state index contributed by atoms with van der Waals surface area (Å²) in [6, 6.07) is 2.44. The number of hydrogen-bond acceptors (Lipinski definition) is 6. The Kier molecular flexibility index (Phi) is 4.60. The number of nitrogens with zero attached hydrogens (tertiary/aromatic N) is 3. The molecule has 8 heteroatoms. The number of likely N-dealkylation sites (tertiary alicyclic amines) is 1.